The summed E-state index contributed by atoms with van der Waals surface area (Å²) in [6, 6.07) is 3.17. The molecule has 0 spiro atoms. The van der Waals surface area contributed by atoms with Crippen molar-refractivity contribution in [2.45, 2.75) is 38.9 Å². The van der Waals surface area contributed by atoms with Crippen molar-refractivity contribution < 1.29 is 13.7 Å². The zero-order valence-electron chi connectivity index (χ0n) is 11.4. The molecule has 1 aliphatic rings. The average Bonchev–Trinajstić information content (AvgIpc) is 2.81. The molecule has 1 aromatic heterocycles. The van der Waals surface area contributed by atoms with Gasteiger partial charge in [0.25, 0.3) is 0 Å². The summed E-state index contributed by atoms with van der Waals surface area (Å²) in [5, 5.41) is 0.913. The number of fused-ring (bicyclic) bond motifs is 1. The first-order valence-electron chi connectivity index (χ1n) is 6.20. The molecule has 0 aliphatic carbocycles. The Morgan fingerprint density at radius 3 is 2.42 bits per heavy atom. The molecule has 0 saturated carbocycles. The molecule has 19 heavy (non-hydrogen) atoms. The maximum atomic E-state index is 14.2. The topological polar surface area (TPSA) is 31.4 Å². The van der Waals surface area contributed by atoms with E-state index in [-0.39, 0.29) is 5.82 Å². The van der Waals surface area contributed by atoms with Crippen LogP contribution in [-0.2, 0) is 9.31 Å². The van der Waals surface area contributed by atoms with Gasteiger partial charge in [0.2, 0.25) is 0 Å². The molecule has 0 unspecified atom stereocenters. The Kier molecular flexibility index (Phi) is 2.75. The fourth-order valence-corrected chi connectivity index (χ4v) is 2.90. The fraction of sp³-hybridized carbons (Fsp3) is 0.462. The summed E-state index contributed by atoms with van der Waals surface area (Å²) in [5.41, 5.74) is -0.493. The highest BCUT2D eigenvalue weighted by Gasteiger charge is 2.53. The number of hydrogen-bond acceptors (Lipinski definition) is 4. The number of rotatable bonds is 1. The lowest BCUT2D eigenvalue weighted by atomic mass is 9.78. The second-order valence-corrected chi connectivity index (χ2v) is 6.60. The van der Waals surface area contributed by atoms with Crippen LogP contribution in [0, 0.1) is 5.82 Å². The Morgan fingerprint density at radius 2 is 1.79 bits per heavy atom. The predicted molar refractivity (Wildman–Crippen MR) is 75.3 cm³/mol. The molecule has 0 bridgehead atoms. The second-order valence-electron chi connectivity index (χ2n) is 5.79. The molecule has 100 valence electrons. The summed E-state index contributed by atoms with van der Waals surface area (Å²) in [4.78, 5) is 0. The van der Waals surface area contributed by atoms with Gasteiger partial charge in [-0.05, 0) is 51.4 Å². The third-order valence-corrected chi connectivity index (χ3v) is 4.85. The summed E-state index contributed by atoms with van der Waals surface area (Å²) in [7, 11) is -0.686. The summed E-state index contributed by atoms with van der Waals surface area (Å²) >= 11 is 1.27. The van der Waals surface area contributed by atoms with Crippen molar-refractivity contribution in [1.82, 2.24) is 4.37 Å². The Balaban J connectivity index is 2.12. The van der Waals surface area contributed by atoms with E-state index in [2.05, 4.69) is 4.37 Å². The van der Waals surface area contributed by atoms with Crippen molar-refractivity contribution in [3.05, 3.63) is 24.1 Å². The molecule has 1 fully saturated rings. The van der Waals surface area contributed by atoms with Crippen LogP contribution in [0.2, 0.25) is 0 Å². The van der Waals surface area contributed by atoms with E-state index in [0.29, 0.717) is 5.46 Å². The standard InChI is InChI=1S/C13H15BFNO2S/c1-12(2)13(3,4)18-14(17-12)10-9(15)6-5-8-7-16-19-11(8)10/h5-7H,1-4H3. The maximum absolute atomic E-state index is 14.2. The third kappa shape index (κ3) is 1.90. The van der Waals surface area contributed by atoms with E-state index in [1.165, 1.54) is 17.6 Å². The van der Waals surface area contributed by atoms with Gasteiger partial charge in [-0.15, -0.1) is 0 Å². The Labute approximate surface area is 116 Å². The van der Waals surface area contributed by atoms with E-state index in [0.717, 1.165) is 10.1 Å². The van der Waals surface area contributed by atoms with E-state index in [1.54, 1.807) is 12.3 Å². The molecule has 3 rings (SSSR count). The molecule has 2 aromatic rings. The number of aromatic nitrogens is 1. The summed E-state index contributed by atoms with van der Waals surface area (Å²) in [6.45, 7) is 7.82. The van der Waals surface area contributed by atoms with Crippen molar-refractivity contribution in [1.29, 1.82) is 0 Å². The number of halogens is 1. The minimum Gasteiger partial charge on any atom is -0.399 e. The summed E-state index contributed by atoms with van der Waals surface area (Å²) in [5.74, 6) is -0.310. The fourth-order valence-electron chi connectivity index (χ4n) is 2.11. The van der Waals surface area contributed by atoms with Crippen LogP contribution in [0.15, 0.2) is 18.3 Å². The molecule has 3 nitrogen and oxygen atoms in total. The minimum atomic E-state index is -0.686. The summed E-state index contributed by atoms with van der Waals surface area (Å²) < 4.78 is 30.9. The van der Waals surface area contributed by atoms with E-state index in [1.807, 2.05) is 27.7 Å². The van der Waals surface area contributed by atoms with E-state index in [4.69, 9.17) is 9.31 Å². The van der Waals surface area contributed by atoms with Crippen molar-refractivity contribution in [2.24, 2.45) is 0 Å². The first kappa shape index (κ1) is 13.0. The lowest BCUT2D eigenvalue weighted by molar-refractivity contribution is 0.00578. The van der Waals surface area contributed by atoms with Gasteiger partial charge in [0, 0.05) is 17.0 Å². The van der Waals surface area contributed by atoms with Crippen LogP contribution in [-0.4, -0.2) is 22.7 Å². The number of hydrogen-bond donors (Lipinski definition) is 0. The molecule has 1 aliphatic heterocycles. The van der Waals surface area contributed by atoms with Gasteiger partial charge in [-0.1, -0.05) is 0 Å². The lowest BCUT2D eigenvalue weighted by Crippen LogP contribution is -2.41. The Bertz CT molecular complexity index is 625. The minimum absolute atomic E-state index is 0.310. The molecule has 0 atom stereocenters. The summed E-state index contributed by atoms with van der Waals surface area (Å²) in [6.07, 6.45) is 1.73. The van der Waals surface area contributed by atoms with Crippen LogP contribution in [0.25, 0.3) is 10.1 Å². The molecule has 0 amide bonds. The number of benzene rings is 1. The zero-order chi connectivity index (χ0) is 13.8. The van der Waals surface area contributed by atoms with Gasteiger partial charge >= 0.3 is 7.12 Å². The first-order valence-corrected chi connectivity index (χ1v) is 6.97. The largest absolute Gasteiger partial charge is 0.499 e. The van der Waals surface area contributed by atoms with Crippen molar-refractivity contribution in [3.63, 3.8) is 0 Å². The molecule has 6 heteroatoms. The van der Waals surface area contributed by atoms with Gasteiger partial charge in [0.15, 0.2) is 0 Å². The van der Waals surface area contributed by atoms with Crippen LogP contribution in [0.1, 0.15) is 27.7 Å². The first-order chi connectivity index (χ1) is 8.82. The molecule has 2 heterocycles. The van der Waals surface area contributed by atoms with Crippen molar-refractivity contribution in [2.75, 3.05) is 0 Å². The highest BCUT2D eigenvalue weighted by Crippen LogP contribution is 2.37. The molecule has 0 N–H and O–H groups in total. The highest BCUT2D eigenvalue weighted by molar-refractivity contribution is 7.15. The molecule has 0 radical (unpaired) electrons. The molecular formula is C13H15BFNO2S. The van der Waals surface area contributed by atoms with E-state index < -0.39 is 18.3 Å². The Morgan fingerprint density at radius 1 is 1.16 bits per heavy atom. The van der Waals surface area contributed by atoms with E-state index in [9.17, 15) is 4.39 Å². The SMILES string of the molecule is CC1(C)OB(c2c(F)ccc3cnsc23)OC1(C)C. The monoisotopic (exact) mass is 279 g/mol. The normalized spacial score (nSPS) is 21.2. The number of nitrogens with zero attached hydrogens (tertiary/aromatic N) is 1. The zero-order valence-corrected chi connectivity index (χ0v) is 12.2. The maximum Gasteiger partial charge on any atom is 0.499 e. The van der Waals surface area contributed by atoms with Gasteiger partial charge < -0.3 is 9.31 Å². The highest BCUT2D eigenvalue weighted by atomic mass is 32.1. The molecule has 1 saturated heterocycles. The van der Waals surface area contributed by atoms with E-state index >= 15 is 0 Å². The van der Waals surface area contributed by atoms with Gasteiger partial charge in [-0.2, -0.15) is 4.37 Å². The Hall–Kier alpha value is -0.975. The predicted octanol–water partition coefficient (Wildman–Crippen LogP) is 2.73. The van der Waals surface area contributed by atoms with Gasteiger partial charge in [-0.25, -0.2) is 4.39 Å². The quantitative estimate of drug-likeness (QED) is 0.752. The second kappa shape index (κ2) is 4.01. The van der Waals surface area contributed by atoms with Crippen LogP contribution < -0.4 is 5.46 Å². The molecular weight excluding hydrogens is 264 g/mol. The third-order valence-electron chi connectivity index (χ3n) is 4.00. The van der Waals surface area contributed by atoms with Gasteiger partial charge in [-0.3, -0.25) is 0 Å². The molecule has 1 aromatic carbocycles. The van der Waals surface area contributed by atoms with Crippen LogP contribution >= 0.6 is 11.5 Å². The van der Waals surface area contributed by atoms with Crippen LogP contribution in [0.5, 0.6) is 0 Å². The van der Waals surface area contributed by atoms with Gasteiger partial charge in [0.1, 0.15) is 5.82 Å². The smallest absolute Gasteiger partial charge is 0.399 e. The van der Waals surface area contributed by atoms with Gasteiger partial charge in [0.05, 0.1) is 15.9 Å². The average molecular weight is 279 g/mol. The van der Waals surface area contributed by atoms with Crippen LogP contribution in [0.3, 0.4) is 0 Å². The van der Waals surface area contributed by atoms with Crippen molar-refractivity contribution in [3.8, 4) is 0 Å². The lowest BCUT2D eigenvalue weighted by Gasteiger charge is -2.32. The van der Waals surface area contributed by atoms with Crippen LogP contribution in [0.4, 0.5) is 4.39 Å². The van der Waals surface area contributed by atoms with Crippen molar-refractivity contribution >= 4 is 34.2 Å².